The van der Waals surface area contributed by atoms with Gasteiger partial charge in [0.05, 0.1) is 19.8 Å². The van der Waals surface area contributed by atoms with Crippen LogP contribution in [0.3, 0.4) is 0 Å². The average molecular weight is 428 g/mol. The number of hydrogen-bond donors (Lipinski definition) is 3. The van der Waals surface area contributed by atoms with E-state index in [-0.39, 0.29) is 12.5 Å². The van der Waals surface area contributed by atoms with Crippen LogP contribution in [0, 0.1) is 0 Å². The maximum atomic E-state index is 12.2. The van der Waals surface area contributed by atoms with Crippen molar-refractivity contribution in [2.75, 3.05) is 44.7 Å². The van der Waals surface area contributed by atoms with Gasteiger partial charge in [-0.1, -0.05) is 12.1 Å². The van der Waals surface area contributed by atoms with Gasteiger partial charge in [0.25, 0.3) is 0 Å². The van der Waals surface area contributed by atoms with E-state index >= 15 is 0 Å². The molecule has 3 N–H and O–H groups in total. The third-order valence-electron chi connectivity index (χ3n) is 5.07. The predicted molar refractivity (Wildman–Crippen MR) is 122 cm³/mol. The van der Waals surface area contributed by atoms with Gasteiger partial charge in [-0.3, -0.25) is 14.4 Å². The molecule has 9 heteroatoms. The molecule has 1 fully saturated rings. The zero-order valence-electron chi connectivity index (χ0n) is 18.4. The van der Waals surface area contributed by atoms with Crippen LogP contribution in [-0.2, 0) is 22.6 Å². The third kappa shape index (κ3) is 7.69. The van der Waals surface area contributed by atoms with Crippen LogP contribution in [0.4, 0.5) is 5.69 Å². The van der Waals surface area contributed by atoms with E-state index < -0.39 is 0 Å². The molecule has 0 radical (unpaired) electrons. The Labute approximate surface area is 183 Å². The van der Waals surface area contributed by atoms with Gasteiger partial charge in [-0.25, -0.2) is 4.99 Å². The number of morpholine rings is 1. The second-order valence-corrected chi connectivity index (χ2v) is 7.53. The largest absolute Gasteiger partial charge is 0.379 e. The molecule has 2 heterocycles. The van der Waals surface area contributed by atoms with E-state index in [0.29, 0.717) is 12.6 Å². The number of amides is 1. The highest BCUT2D eigenvalue weighted by atomic mass is 16.5. The standard InChI is InChI=1S/C22H33N7O2/c1-3-23-22(24-15-18(2)28-10-12-31-13-11-28)25-16-19-6-4-7-20(14-19)27-21(30)17-29-9-5-8-26-29/h4-9,14,18H,3,10-13,15-17H2,1-2H3,(H,27,30)(H2,23,24,25). The Morgan fingerprint density at radius 3 is 2.84 bits per heavy atom. The van der Waals surface area contributed by atoms with Gasteiger partial charge < -0.3 is 20.7 Å². The van der Waals surface area contributed by atoms with Crippen LogP contribution in [0.25, 0.3) is 0 Å². The Balaban J connectivity index is 1.52. The summed E-state index contributed by atoms with van der Waals surface area (Å²) in [6.07, 6.45) is 3.42. The molecular weight excluding hydrogens is 394 g/mol. The van der Waals surface area contributed by atoms with Crippen LogP contribution in [0.15, 0.2) is 47.7 Å². The summed E-state index contributed by atoms with van der Waals surface area (Å²) in [6.45, 7) is 10.1. The number of nitrogens with zero attached hydrogens (tertiary/aromatic N) is 4. The second-order valence-electron chi connectivity index (χ2n) is 7.53. The maximum absolute atomic E-state index is 12.2. The van der Waals surface area contributed by atoms with Gasteiger partial charge in [-0.15, -0.1) is 0 Å². The number of aliphatic imine (C=N–C) groups is 1. The van der Waals surface area contributed by atoms with Gasteiger partial charge >= 0.3 is 0 Å². The first kappa shape index (κ1) is 22.8. The van der Waals surface area contributed by atoms with Crippen molar-refractivity contribution in [3.63, 3.8) is 0 Å². The van der Waals surface area contributed by atoms with E-state index in [0.717, 1.165) is 56.6 Å². The first-order chi connectivity index (χ1) is 15.1. The molecule has 1 unspecified atom stereocenters. The molecule has 0 bridgehead atoms. The van der Waals surface area contributed by atoms with Crippen molar-refractivity contribution in [2.45, 2.75) is 33.0 Å². The first-order valence-corrected chi connectivity index (χ1v) is 10.8. The number of nitrogens with one attached hydrogen (secondary N) is 3. The molecule has 2 aromatic rings. The average Bonchev–Trinajstić information content (AvgIpc) is 3.29. The van der Waals surface area contributed by atoms with E-state index in [1.807, 2.05) is 24.3 Å². The molecule has 0 spiro atoms. The summed E-state index contributed by atoms with van der Waals surface area (Å²) in [5, 5.41) is 13.7. The Hall–Kier alpha value is -2.91. The van der Waals surface area contributed by atoms with Gasteiger partial charge in [0.2, 0.25) is 5.91 Å². The summed E-state index contributed by atoms with van der Waals surface area (Å²) in [4.78, 5) is 19.3. The SMILES string of the molecule is CCNC(=NCc1cccc(NC(=O)Cn2cccn2)c1)NCC(C)N1CCOCC1. The van der Waals surface area contributed by atoms with Crippen LogP contribution >= 0.6 is 0 Å². The van der Waals surface area contributed by atoms with E-state index in [1.54, 1.807) is 23.1 Å². The fourth-order valence-electron chi connectivity index (χ4n) is 3.39. The molecule has 1 aliphatic rings. The van der Waals surface area contributed by atoms with Crippen LogP contribution in [0.5, 0.6) is 0 Å². The summed E-state index contributed by atoms with van der Waals surface area (Å²) >= 11 is 0. The molecule has 31 heavy (non-hydrogen) atoms. The molecule has 1 aromatic heterocycles. The third-order valence-corrected chi connectivity index (χ3v) is 5.07. The highest BCUT2D eigenvalue weighted by Gasteiger charge is 2.17. The van der Waals surface area contributed by atoms with E-state index in [2.05, 4.69) is 39.8 Å². The number of aromatic nitrogens is 2. The number of carbonyl (C=O) groups excluding carboxylic acids is 1. The molecule has 168 valence electrons. The minimum Gasteiger partial charge on any atom is -0.379 e. The van der Waals surface area contributed by atoms with Crippen molar-refractivity contribution < 1.29 is 9.53 Å². The normalized spacial score (nSPS) is 16.0. The lowest BCUT2D eigenvalue weighted by Gasteiger charge is -2.32. The molecular formula is C22H33N7O2. The minimum absolute atomic E-state index is 0.114. The molecule has 1 aromatic carbocycles. The lowest BCUT2D eigenvalue weighted by molar-refractivity contribution is -0.116. The van der Waals surface area contributed by atoms with Crippen molar-refractivity contribution in [3.8, 4) is 0 Å². The minimum atomic E-state index is -0.114. The van der Waals surface area contributed by atoms with Crippen molar-refractivity contribution >= 4 is 17.6 Å². The molecule has 1 amide bonds. The zero-order chi connectivity index (χ0) is 21.9. The second kappa shape index (κ2) is 12.1. The number of carbonyl (C=O) groups is 1. The zero-order valence-corrected chi connectivity index (χ0v) is 18.4. The summed E-state index contributed by atoms with van der Waals surface area (Å²) in [6, 6.07) is 9.96. The van der Waals surface area contributed by atoms with Crippen molar-refractivity contribution in [1.29, 1.82) is 0 Å². The topological polar surface area (TPSA) is 95.8 Å². The molecule has 1 atom stereocenters. The summed E-state index contributed by atoms with van der Waals surface area (Å²) < 4.78 is 7.03. The molecule has 0 aliphatic carbocycles. The van der Waals surface area contributed by atoms with Gasteiger partial charge in [0.15, 0.2) is 5.96 Å². The smallest absolute Gasteiger partial charge is 0.246 e. The summed E-state index contributed by atoms with van der Waals surface area (Å²) in [5.41, 5.74) is 1.78. The Kier molecular flexibility index (Phi) is 8.86. The van der Waals surface area contributed by atoms with E-state index in [1.165, 1.54) is 0 Å². The highest BCUT2D eigenvalue weighted by molar-refractivity contribution is 5.90. The van der Waals surface area contributed by atoms with Crippen LogP contribution in [0.1, 0.15) is 19.4 Å². The fourth-order valence-corrected chi connectivity index (χ4v) is 3.39. The first-order valence-electron chi connectivity index (χ1n) is 10.8. The van der Waals surface area contributed by atoms with Crippen molar-refractivity contribution in [2.24, 2.45) is 4.99 Å². The summed E-state index contributed by atoms with van der Waals surface area (Å²) in [5.74, 6) is 0.673. The van der Waals surface area contributed by atoms with Gasteiger partial charge in [-0.05, 0) is 37.6 Å². The number of hydrogen-bond acceptors (Lipinski definition) is 5. The Morgan fingerprint density at radius 1 is 1.26 bits per heavy atom. The summed E-state index contributed by atoms with van der Waals surface area (Å²) in [7, 11) is 0. The monoisotopic (exact) mass is 427 g/mol. The quantitative estimate of drug-likeness (QED) is 0.412. The molecule has 3 rings (SSSR count). The molecule has 1 saturated heterocycles. The highest BCUT2D eigenvalue weighted by Crippen LogP contribution is 2.12. The van der Waals surface area contributed by atoms with Gasteiger partial charge in [0, 0.05) is 50.3 Å². The lowest BCUT2D eigenvalue weighted by Crippen LogP contribution is -2.49. The van der Waals surface area contributed by atoms with Gasteiger partial charge in [0.1, 0.15) is 6.54 Å². The number of rotatable bonds is 9. The molecule has 9 nitrogen and oxygen atoms in total. The maximum Gasteiger partial charge on any atom is 0.246 e. The van der Waals surface area contributed by atoms with Crippen molar-refractivity contribution in [1.82, 2.24) is 25.3 Å². The predicted octanol–water partition coefficient (Wildman–Crippen LogP) is 1.30. The van der Waals surface area contributed by atoms with Gasteiger partial charge in [-0.2, -0.15) is 5.10 Å². The number of anilines is 1. The molecule has 1 aliphatic heterocycles. The van der Waals surface area contributed by atoms with E-state index in [9.17, 15) is 4.79 Å². The fraction of sp³-hybridized carbons (Fsp3) is 0.500. The number of benzene rings is 1. The van der Waals surface area contributed by atoms with Crippen LogP contribution in [0.2, 0.25) is 0 Å². The van der Waals surface area contributed by atoms with E-state index in [4.69, 9.17) is 9.73 Å². The van der Waals surface area contributed by atoms with Crippen LogP contribution in [-0.4, -0.2) is 72.0 Å². The molecule has 0 saturated carbocycles. The Bertz CT molecular complexity index is 832. The number of ether oxygens (including phenoxy) is 1. The van der Waals surface area contributed by atoms with Crippen molar-refractivity contribution in [3.05, 3.63) is 48.3 Å². The lowest BCUT2D eigenvalue weighted by atomic mass is 10.2. The number of guanidine groups is 1. The Morgan fingerprint density at radius 2 is 2.10 bits per heavy atom. The van der Waals surface area contributed by atoms with Crippen LogP contribution < -0.4 is 16.0 Å².